The maximum atomic E-state index is 12.8. The van der Waals surface area contributed by atoms with E-state index in [9.17, 15) is 9.90 Å². The second-order valence-corrected chi connectivity index (χ2v) is 6.08. The molecule has 1 fully saturated rings. The van der Waals surface area contributed by atoms with Gasteiger partial charge in [-0.05, 0) is 37.8 Å². The van der Waals surface area contributed by atoms with Gasteiger partial charge in [0.1, 0.15) is 0 Å². The van der Waals surface area contributed by atoms with Gasteiger partial charge in [-0.15, -0.1) is 0 Å². The van der Waals surface area contributed by atoms with Crippen LogP contribution in [0.4, 0.5) is 0 Å². The van der Waals surface area contributed by atoms with Crippen LogP contribution in [0.2, 0.25) is 0 Å². The number of likely N-dealkylation sites (N-methyl/N-ethyl adjacent to an activating group) is 1. The first-order chi connectivity index (χ1) is 10.6. The Kier molecular flexibility index (Phi) is 3.98. The van der Waals surface area contributed by atoms with E-state index in [0.29, 0.717) is 18.0 Å². The zero-order valence-corrected chi connectivity index (χ0v) is 12.9. The normalized spacial score (nSPS) is 15.6. The molecule has 1 amide bonds. The number of amides is 1. The van der Waals surface area contributed by atoms with Crippen molar-refractivity contribution in [3.05, 3.63) is 48.0 Å². The highest BCUT2D eigenvalue weighted by atomic mass is 16.3. The number of benzene rings is 1. The second-order valence-electron chi connectivity index (χ2n) is 6.08. The maximum absolute atomic E-state index is 12.8. The van der Waals surface area contributed by atoms with Crippen LogP contribution in [0.1, 0.15) is 28.8 Å². The van der Waals surface area contributed by atoms with Crippen molar-refractivity contribution in [2.24, 2.45) is 5.92 Å². The van der Waals surface area contributed by atoms with Gasteiger partial charge >= 0.3 is 0 Å². The van der Waals surface area contributed by atoms with Crippen LogP contribution in [0.5, 0.6) is 0 Å². The number of aromatic nitrogens is 2. The third-order valence-corrected chi connectivity index (χ3v) is 4.14. The van der Waals surface area contributed by atoms with Crippen LogP contribution < -0.4 is 0 Å². The average molecular weight is 299 g/mol. The third kappa shape index (κ3) is 3.04. The summed E-state index contributed by atoms with van der Waals surface area (Å²) in [6, 6.07) is 5.79. The van der Waals surface area contributed by atoms with Crippen molar-refractivity contribution >= 4 is 5.91 Å². The summed E-state index contributed by atoms with van der Waals surface area (Å²) in [6.07, 6.45) is 6.90. The van der Waals surface area contributed by atoms with Gasteiger partial charge in [0.25, 0.3) is 5.91 Å². The number of aliphatic hydroxyl groups is 1. The number of rotatable bonds is 5. The summed E-state index contributed by atoms with van der Waals surface area (Å²) in [5.74, 6) is 0.285. The Hall–Kier alpha value is -2.14. The zero-order chi connectivity index (χ0) is 15.7. The Morgan fingerprint density at radius 2 is 2.27 bits per heavy atom. The van der Waals surface area contributed by atoms with Crippen molar-refractivity contribution in [2.45, 2.75) is 25.9 Å². The van der Waals surface area contributed by atoms with Gasteiger partial charge in [-0.3, -0.25) is 4.79 Å². The zero-order valence-electron chi connectivity index (χ0n) is 12.9. The average Bonchev–Trinajstić information content (AvgIpc) is 3.22. The molecule has 1 N–H and O–H groups in total. The van der Waals surface area contributed by atoms with Crippen LogP contribution in [0.25, 0.3) is 5.69 Å². The van der Waals surface area contributed by atoms with Crippen LogP contribution >= 0.6 is 0 Å². The minimum Gasteiger partial charge on any atom is -0.391 e. The standard InChI is InChI=1S/C17H21N3O2/c1-12-3-6-15(20-8-7-18-11-20)14(9-12)17(22)19(2)10-16(21)13-4-5-13/h3,6-9,11,13,16,21H,4-5,10H2,1-2H3. The lowest BCUT2D eigenvalue weighted by Gasteiger charge is -2.22. The van der Waals surface area contributed by atoms with Gasteiger partial charge in [-0.2, -0.15) is 0 Å². The molecule has 1 aliphatic carbocycles. The smallest absolute Gasteiger partial charge is 0.255 e. The number of imidazole rings is 1. The number of nitrogens with zero attached hydrogens (tertiary/aromatic N) is 3. The largest absolute Gasteiger partial charge is 0.391 e. The van der Waals surface area contributed by atoms with Gasteiger partial charge in [0.05, 0.1) is 23.7 Å². The monoisotopic (exact) mass is 299 g/mol. The van der Waals surface area contributed by atoms with Gasteiger partial charge in [-0.25, -0.2) is 4.98 Å². The molecule has 5 heteroatoms. The molecule has 1 heterocycles. The van der Waals surface area contributed by atoms with Crippen molar-refractivity contribution < 1.29 is 9.90 Å². The first-order valence-corrected chi connectivity index (χ1v) is 7.59. The summed E-state index contributed by atoms with van der Waals surface area (Å²) in [4.78, 5) is 18.4. The first kappa shape index (κ1) is 14.8. The Balaban J connectivity index is 1.86. The predicted molar refractivity (Wildman–Crippen MR) is 84.0 cm³/mol. The summed E-state index contributed by atoms with van der Waals surface area (Å²) >= 11 is 0. The molecule has 3 rings (SSSR count). The van der Waals surface area contributed by atoms with E-state index in [1.807, 2.05) is 35.9 Å². The summed E-state index contributed by atoms with van der Waals surface area (Å²) in [6.45, 7) is 2.34. The van der Waals surface area contributed by atoms with Gasteiger partial charge < -0.3 is 14.6 Å². The molecule has 1 saturated carbocycles. The molecule has 0 radical (unpaired) electrons. The van der Waals surface area contributed by atoms with E-state index in [4.69, 9.17) is 0 Å². The van der Waals surface area contributed by atoms with E-state index in [1.165, 1.54) is 0 Å². The molecule has 1 aliphatic rings. The van der Waals surface area contributed by atoms with E-state index in [-0.39, 0.29) is 5.91 Å². The van der Waals surface area contributed by atoms with Crippen LogP contribution in [0, 0.1) is 12.8 Å². The van der Waals surface area contributed by atoms with Crippen molar-refractivity contribution in [1.82, 2.24) is 14.5 Å². The molecule has 0 spiro atoms. The molecule has 1 atom stereocenters. The molecule has 2 aromatic rings. The van der Waals surface area contributed by atoms with Crippen molar-refractivity contribution in [3.8, 4) is 5.69 Å². The first-order valence-electron chi connectivity index (χ1n) is 7.59. The molecular weight excluding hydrogens is 278 g/mol. The lowest BCUT2D eigenvalue weighted by Crippen LogP contribution is -2.35. The molecule has 1 unspecified atom stereocenters. The summed E-state index contributed by atoms with van der Waals surface area (Å²) in [5.41, 5.74) is 2.47. The Labute approximate surface area is 130 Å². The van der Waals surface area contributed by atoms with Crippen LogP contribution in [0.15, 0.2) is 36.9 Å². The van der Waals surface area contributed by atoms with Gasteiger partial charge in [0.15, 0.2) is 0 Å². The highest BCUT2D eigenvalue weighted by Gasteiger charge is 2.31. The number of hydrogen-bond donors (Lipinski definition) is 1. The van der Waals surface area contributed by atoms with Crippen LogP contribution in [-0.2, 0) is 0 Å². The van der Waals surface area contributed by atoms with Crippen LogP contribution in [0.3, 0.4) is 0 Å². The number of hydrogen-bond acceptors (Lipinski definition) is 3. The van der Waals surface area contributed by atoms with Crippen LogP contribution in [-0.4, -0.2) is 45.2 Å². The van der Waals surface area contributed by atoms with Gasteiger partial charge in [-0.1, -0.05) is 11.6 Å². The predicted octanol–water partition coefficient (Wildman–Crippen LogP) is 2.02. The molecule has 1 aromatic carbocycles. The topological polar surface area (TPSA) is 58.4 Å². The summed E-state index contributed by atoms with van der Waals surface area (Å²) in [5, 5.41) is 10.1. The maximum Gasteiger partial charge on any atom is 0.255 e. The molecule has 5 nitrogen and oxygen atoms in total. The fourth-order valence-electron chi connectivity index (χ4n) is 2.65. The van der Waals surface area contributed by atoms with Crippen molar-refractivity contribution in [1.29, 1.82) is 0 Å². The minimum atomic E-state index is -0.421. The fourth-order valence-corrected chi connectivity index (χ4v) is 2.65. The second kappa shape index (κ2) is 5.93. The van der Waals surface area contributed by atoms with E-state index in [1.54, 1.807) is 24.5 Å². The van der Waals surface area contributed by atoms with Crippen molar-refractivity contribution in [2.75, 3.05) is 13.6 Å². The van der Waals surface area contributed by atoms with Gasteiger partial charge in [0.2, 0.25) is 0 Å². The van der Waals surface area contributed by atoms with E-state index >= 15 is 0 Å². The van der Waals surface area contributed by atoms with E-state index in [2.05, 4.69) is 4.98 Å². The number of carbonyl (C=O) groups is 1. The molecule has 1 aromatic heterocycles. The quantitative estimate of drug-likeness (QED) is 0.919. The SMILES string of the molecule is Cc1ccc(-n2ccnc2)c(C(=O)N(C)CC(O)C2CC2)c1. The number of aliphatic hydroxyl groups excluding tert-OH is 1. The molecule has 0 saturated heterocycles. The molecular formula is C17H21N3O2. The highest BCUT2D eigenvalue weighted by Crippen LogP contribution is 2.33. The lowest BCUT2D eigenvalue weighted by molar-refractivity contribution is 0.0645. The van der Waals surface area contributed by atoms with E-state index < -0.39 is 6.10 Å². The molecule has 22 heavy (non-hydrogen) atoms. The Morgan fingerprint density at radius 1 is 1.50 bits per heavy atom. The Bertz CT molecular complexity index is 663. The molecule has 0 bridgehead atoms. The number of aryl methyl sites for hydroxylation is 1. The van der Waals surface area contributed by atoms with E-state index in [0.717, 1.165) is 24.1 Å². The fraction of sp³-hybridized carbons (Fsp3) is 0.412. The molecule has 0 aliphatic heterocycles. The van der Waals surface area contributed by atoms with Crippen molar-refractivity contribution in [3.63, 3.8) is 0 Å². The minimum absolute atomic E-state index is 0.0768. The number of carbonyl (C=O) groups excluding carboxylic acids is 1. The Morgan fingerprint density at radius 3 is 2.91 bits per heavy atom. The highest BCUT2D eigenvalue weighted by molar-refractivity contribution is 5.97. The summed E-state index contributed by atoms with van der Waals surface area (Å²) < 4.78 is 1.83. The third-order valence-electron chi connectivity index (χ3n) is 4.14. The van der Waals surface area contributed by atoms with Gasteiger partial charge in [0, 0.05) is 26.0 Å². The molecule has 116 valence electrons. The lowest BCUT2D eigenvalue weighted by atomic mass is 10.1. The summed E-state index contributed by atoms with van der Waals surface area (Å²) in [7, 11) is 1.74.